The van der Waals surface area contributed by atoms with Crippen LogP contribution in [0.4, 0.5) is 15.3 Å². The van der Waals surface area contributed by atoms with E-state index in [2.05, 4.69) is 37.1 Å². The molecule has 1 saturated carbocycles. The lowest BCUT2D eigenvalue weighted by molar-refractivity contribution is -0.198. The van der Waals surface area contributed by atoms with Crippen LogP contribution < -0.4 is 42.4 Å². The number of hydrogen-bond donors (Lipinski definition) is 8. The van der Waals surface area contributed by atoms with Crippen molar-refractivity contribution in [1.29, 1.82) is 0 Å². The molecule has 0 bridgehead atoms. The SMILES string of the molecule is CC[C@H](C)C([C@@H](CC(=O)N1CCC[C@H]1[C@H](OC)[C@@H](C)C(=O)N[C@H](C)/C(=N/O)c1cccc(OC)c1)OC)N(C)C(=O)[C@@H](NC(=O)[C@H](C(C)C)N(C)C(=O)OCc1ccc(NC(=O)[C@H](CCCNC(N)=O)NC(=O)[C@@H](NC(=O)CCCCCN2C(=O)CC(SCC3(CC(=O)ON4C(=O)CCC4=O)CC3)C2=O)C(C)C)cc1)C(C)C. The maximum atomic E-state index is 14.9. The van der Waals surface area contributed by atoms with Crippen molar-refractivity contribution >= 4 is 106 Å². The molecule has 14 amide bonds. The van der Waals surface area contributed by atoms with Gasteiger partial charge in [-0.1, -0.05) is 105 Å². The van der Waals surface area contributed by atoms with E-state index in [0.717, 1.165) is 4.90 Å². The minimum absolute atomic E-state index is 0.00420. The van der Waals surface area contributed by atoms with Gasteiger partial charge >= 0.3 is 18.1 Å². The highest BCUT2D eigenvalue weighted by atomic mass is 32.2. The van der Waals surface area contributed by atoms with Gasteiger partial charge in [-0.15, -0.1) is 16.8 Å². The number of carbonyl (C=O) groups is 14. The fraction of sp³-hybridized carbons (Fsp3) is 0.658. The number of nitrogens with zero attached hydrogens (tertiary/aromatic N) is 6. The number of ether oxygens (including phenoxy) is 4. The maximum Gasteiger partial charge on any atom is 0.410 e. The number of urea groups is 1. The third-order valence-electron chi connectivity index (χ3n) is 21.5. The minimum atomic E-state index is -1.16. The molecular formula is C79H119N13O20S. The zero-order valence-electron chi connectivity index (χ0n) is 68.0. The molecule has 4 aliphatic rings. The van der Waals surface area contributed by atoms with Gasteiger partial charge in [0.15, 0.2) is 0 Å². The van der Waals surface area contributed by atoms with Crippen LogP contribution in [-0.4, -0.2) is 239 Å². The topological polar surface area (TPSA) is 432 Å². The second kappa shape index (κ2) is 43.7. The van der Waals surface area contributed by atoms with Gasteiger partial charge in [-0.3, -0.25) is 62.5 Å². The third kappa shape index (κ3) is 26.0. The molecule has 6 rings (SSSR count). The fourth-order valence-corrected chi connectivity index (χ4v) is 16.0. The summed E-state index contributed by atoms with van der Waals surface area (Å²) in [6.07, 6.45) is 2.16. The van der Waals surface area contributed by atoms with Crippen molar-refractivity contribution in [2.24, 2.45) is 45.9 Å². The van der Waals surface area contributed by atoms with E-state index in [1.807, 2.05) is 13.8 Å². The number of hydrogen-bond acceptors (Lipinski definition) is 22. The van der Waals surface area contributed by atoms with Crippen LogP contribution in [0.15, 0.2) is 53.7 Å². The Kier molecular flexibility index (Phi) is 35.8. The van der Waals surface area contributed by atoms with Crippen molar-refractivity contribution in [2.45, 2.75) is 238 Å². The van der Waals surface area contributed by atoms with Crippen molar-refractivity contribution in [3.05, 3.63) is 59.7 Å². The van der Waals surface area contributed by atoms with Crippen LogP contribution in [0.2, 0.25) is 0 Å². The van der Waals surface area contributed by atoms with Gasteiger partial charge in [0.25, 0.3) is 11.8 Å². The number of hydroxylamine groups is 2. The Labute approximate surface area is 666 Å². The predicted molar refractivity (Wildman–Crippen MR) is 418 cm³/mol. The summed E-state index contributed by atoms with van der Waals surface area (Å²) in [5.41, 5.74) is 6.40. The normalized spacial score (nSPS) is 18.8. The number of imide groups is 2. The van der Waals surface area contributed by atoms with E-state index in [1.54, 1.807) is 116 Å². The van der Waals surface area contributed by atoms with Crippen LogP contribution in [0.25, 0.3) is 0 Å². The molecule has 626 valence electrons. The predicted octanol–water partition coefficient (Wildman–Crippen LogP) is 5.94. The third-order valence-corrected chi connectivity index (χ3v) is 23.1. The standard InChI is InChI=1S/C79H119N13O20S/c1-16-48(8)69(57(109-14)40-62(96)90-38-22-26-56(90)70(110-15)49(9)71(99)82-50(10)67(87-107)52-23-20-24-54(39-52)108-13)88(11)76(104)66(46(4)5)86-74(102)68(47(6)7)89(12)78(106)111-43-51-28-30-53(31-29-51)83-72(100)55(25-21-36-81-77(80)105)84-73(101)65(45(2)3)85-59(93)27-18-17-19-37-91-63(97)41-58(75(91)103)113-44-79(34-35-79)42-64(98)112-92-60(94)32-33-61(92)95/h20,23-24,28-31,39,45-50,55-58,65-66,68-70,107H,16-19,21-22,25-27,32-38,40-44H2,1-15H3,(H,82,99)(H,83,100)(H,84,101)(H,85,93)(H,86,102)(H3,80,81,105)/b87-67-/t48-,49+,50+,55-,56-,57+,58?,65-,66-,68-,69?,70+/m0/s1. The van der Waals surface area contributed by atoms with Crippen molar-refractivity contribution in [3.63, 3.8) is 0 Å². The van der Waals surface area contributed by atoms with Gasteiger partial charge in [0.2, 0.25) is 53.2 Å². The van der Waals surface area contributed by atoms with Gasteiger partial charge < -0.3 is 76.4 Å². The Morgan fingerprint density at radius 2 is 1.42 bits per heavy atom. The number of amides is 14. The Bertz CT molecular complexity index is 3690. The number of unbranched alkanes of at least 4 members (excludes halogenated alkanes) is 2. The molecule has 0 aromatic heterocycles. The molecule has 2 aromatic rings. The molecule has 12 atom stereocenters. The Morgan fingerprint density at radius 3 is 2.02 bits per heavy atom. The molecule has 2 aromatic carbocycles. The van der Waals surface area contributed by atoms with Crippen LogP contribution >= 0.6 is 11.8 Å². The first-order valence-electron chi connectivity index (χ1n) is 39.1. The number of likely N-dealkylation sites (N-methyl/N-ethyl adjacent to an activating group) is 2. The quantitative estimate of drug-likeness (QED) is 0.0125. The number of oxime groups is 1. The van der Waals surface area contributed by atoms with E-state index in [-0.39, 0.29) is 106 Å². The van der Waals surface area contributed by atoms with Crippen molar-refractivity contribution in [3.8, 4) is 5.75 Å². The van der Waals surface area contributed by atoms with E-state index < -0.39 is 148 Å². The number of primary amides is 1. The first kappa shape index (κ1) is 92.4. The van der Waals surface area contributed by atoms with Crippen molar-refractivity contribution in [1.82, 2.24) is 51.2 Å². The summed E-state index contributed by atoms with van der Waals surface area (Å²) in [5.74, 6) is -7.26. The summed E-state index contributed by atoms with van der Waals surface area (Å²) in [6.45, 7) is 18.2. The monoisotopic (exact) mass is 1600 g/mol. The summed E-state index contributed by atoms with van der Waals surface area (Å²) in [5, 5.41) is 30.1. The van der Waals surface area contributed by atoms with Crippen LogP contribution in [0, 0.1) is 35.0 Å². The summed E-state index contributed by atoms with van der Waals surface area (Å²) in [6, 6.07) is 6.17. The fourth-order valence-electron chi connectivity index (χ4n) is 14.6. The molecule has 113 heavy (non-hydrogen) atoms. The van der Waals surface area contributed by atoms with Gasteiger partial charge in [-0.05, 0) is 117 Å². The summed E-state index contributed by atoms with van der Waals surface area (Å²) in [4.78, 5) is 198. The number of benzene rings is 2. The number of methoxy groups -OCH3 is 3. The Morgan fingerprint density at radius 1 is 0.752 bits per heavy atom. The van der Waals surface area contributed by atoms with Gasteiger partial charge in [0.05, 0.1) is 61.5 Å². The molecular weight excluding hydrogens is 1480 g/mol. The summed E-state index contributed by atoms with van der Waals surface area (Å²) in [7, 11) is 7.54. The molecule has 3 saturated heterocycles. The largest absolute Gasteiger partial charge is 0.497 e. The molecule has 34 heteroatoms. The van der Waals surface area contributed by atoms with Gasteiger partial charge in [0, 0.05) is 90.6 Å². The molecule has 2 unspecified atom stereocenters. The van der Waals surface area contributed by atoms with Crippen molar-refractivity contribution in [2.75, 3.05) is 66.1 Å². The van der Waals surface area contributed by atoms with E-state index in [1.165, 1.54) is 49.9 Å². The highest BCUT2D eigenvalue weighted by Gasteiger charge is 2.49. The molecule has 0 spiro atoms. The van der Waals surface area contributed by atoms with Crippen molar-refractivity contribution < 1.29 is 96.1 Å². The van der Waals surface area contributed by atoms with Crippen LogP contribution in [0.5, 0.6) is 5.75 Å². The number of rotatable bonds is 45. The van der Waals surface area contributed by atoms with E-state index >= 15 is 0 Å². The molecule has 1 aliphatic carbocycles. The average molecular weight is 1600 g/mol. The van der Waals surface area contributed by atoms with Gasteiger partial charge in [0.1, 0.15) is 42.2 Å². The zero-order chi connectivity index (χ0) is 83.7. The second-order valence-corrected chi connectivity index (χ2v) is 32.2. The maximum absolute atomic E-state index is 14.9. The minimum Gasteiger partial charge on any atom is -0.497 e. The molecule has 9 N–H and O–H groups in total. The summed E-state index contributed by atoms with van der Waals surface area (Å²) >= 11 is 1.30. The Balaban J connectivity index is 0.985. The molecule has 0 radical (unpaired) electrons. The van der Waals surface area contributed by atoms with Crippen LogP contribution in [0.3, 0.4) is 0 Å². The van der Waals surface area contributed by atoms with Crippen LogP contribution in [-0.2, 0) is 83.2 Å². The molecule has 3 heterocycles. The lowest BCUT2D eigenvalue weighted by Crippen LogP contribution is -2.60. The first-order chi connectivity index (χ1) is 53.5. The van der Waals surface area contributed by atoms with E-state index in [0.29, 0.717) is 91.3 Å². The lowest BCUT2D eigenvalue weighted by atomic mass is 9.89. The zero-order valence-corrected chi connectivity index (χ0v) is 68.8. The number of likely N-dealkylation sites (tertiary alicyclic amines) is 2. The van der Waals surface area contributed by atoms with Gasteiger partial charge in [-0.2, -0.15) is 0 Å². The van der Waals surface area contributed by atoms with E-state index in [9.17, 15) is 72.3 Å². The molecule has 33 nitrogen and oxygen atoms in total. The summed E-state index contributed by atoms with van der Waals surface area (Å²) < 4.78 is 23.2. The first-order valence-corrected chi connectivity index (χ1v) is 40.1. The second-order valence-electron chi connectivity index (χ2n) is 31.0. The number of nitrogens with two attached hydrogens (primary N) is 1. The average Bonchev–Trinajstić information content (AvgIpc) is 1.21. The van der Waals surface area contributed by atoms with Crippen LogP contribution in [0.1, 0.15) is 183 Å². The van der Waals surface area contributed by atoms with Gasteiger partial charge in [-0.25, -0.2) is 14.4 Å². The number of anilines is 1. The number of carbonyl (C=O) groups excluding carboxylic acids is 14. The Hall–Kier alpha value is -9.44. The number of nitrogens with one attached hydrogen (secondary N) is 6. The highest BCUT2D eigenvalue weighted by molar-refractivity contribution is 8.00. The number of thioether (sulfide) groups is 1. The lowest BCUT2D eigenvalue weighted by Gasteiger charge is -2.41. The molecule has 3 aliphatic heterocycles. The highest BCUT2D eigenvalue weighted by Crippen LogP contribution is 2.52. The smallest absolute Gasteiger partial charge is 0.410 e. The van der Waals surface area contributed by atoms with E-state index in [4.69, 9.17) is 29.5 Å². The molecule has 4 fully saturated rings.